The second-order valence-electron chi connectivity index (χ2n) is 6.10. The highest BCUT2D eigenvalue weighted by molar-refractivity contribution is 5.93. The molecule has 0 saturated carbocycles. The monoisotopic (exact) mass is 312 g/mol. The van der Waals surface area contributed by atoms with Crippen LogP contribution in [0.4, 0.5) is 11.4 Å². The molecule has 0 atom stereocenters. The summed E-state index contributed by atoms with van der Waals surface area (Å²) in [6.45, 7) is 3.78. The Hall–Kier alpha value is -2.76. The standard InChI is InChI=1S/C17H20N4O2/c1-17(2,9-15(22)20-13-5-3-7-18-11-13)10-16(23)21-14-6-4-8-19-12-14/h3-8,11-12H,9-10H2,1-2H3,(H,20,22)(H,21,23). The van der Waals surface area contributed by atoms with Crippen molar-refractivity contribution in [1.29, 1.82) is 0 Å². The summed E-state index contributed by atoms with van der Waals surface area (Å²) in [4.78, 5) is 32.1. The zero-order valence-electron chi connectivity index (χ0n) is 13.2. The molecule has 0 aliphatic carbocycles. The van der Waals surface area contributed by atoms with Crippen LogP contribution in [0, 0.1) is 5.41 Å². The van der Waals surface area contributed by atoms with E-state index < -0.39 is 5.41 Å². The van der Waals surface area contributed by atoms with E-state index in [1.54, 1.807) is 49.1 Å². The molecule has 0 unspecified atom stereocenters. The van der Waals surface area contributed by atoms with E-state index in [1.807, 2.05) is 13.8 Å². The molecule has 0 saturated heterocycles. The first-order valence-electron chi connectivity index (χ1n) is 7.34. The molecule has 2 heterocycles. The molecule has 120 valence electrons. The summed E-state index contributed by atoms with van der Waals surface area (Å²) in [6.07, 6.45) is 6.93. The maximum atomic E-state index is 12.1. The van der Waals surface area contributed by atoms with Gasteiger partial charge in [-0.3, -0.25) is 19.6 Å². The number of nitrogens with zero attached hydrogens (tertiary/aromatic N) is 2. The van der Waals surface area contributed by atoms with E-state index in [2.05, 4.69) is 20.6 Å². The van der Waals surface area contributed by atoms with Crippen LogP contribution in [0.1, 0.15) is 26.7 Å². The van der Waals surface area contributed by atoms with Gasteiger partial charge in [0.15, 0.2) is 0 Å². The van der Waals surface area contributed by atoms with Gasteiger partial charge in [0.2, 0.25) is 11.8 Å². The Labute approximate surface area is 135 Å². The Morgan fingerprint density at radius 2 is 1.35 bits per heavy atom. The summed E-state index contributed by atoms with van der Waals surface area (Å²) in [5.74, 6) is -0.283. The fraction of sp³-hybridized carbons (Fsp3) is 0.294. The smallest absolute Gasteiger partial charge is 0.224 e. The van der Waals surface area contributed by atoms with Crippen LogP contribution in [0.15, 0.2) is 49.1 Å². The van der Waals surface area contributed by atoms with Gasteiger partial charge in [-0.25, -0.2) is 0 Å². The molecular weight excluding hydrogens is 292 g/mol. The summed E-state index contributed by atoms with van der Waals surface area (Å²) in [5.41, 5.74) is 0.833. The number of hydrogen-bond acceptors (Lipinski definition) is 4. The number of hydrogen-bond donors (Lipinski definition) is 2. The van der Waals surface area contributed by atoms with Crippen LogP contribution in [-0.2, 0) is 9.59 Å². The van der Waals surface area contributed by atoms with Crippen LogP contribution >= 0.6 is 0 Å². The lowest BCUT2D eigenvalue weighted by Crippen LogP contribution is -2.27. The molecule has 6 heteroatoms. The zero-order chi connectivity index (χ0) is 16.7. The lowest BCUT2D eigenvalue weighted by Gasteiger charge is -2.23. The van der Waals surface area contributed by atoms with Gasteiger partial charge in [0, 0.05) is 25.2 Å². The molecular formula is C17H20N4O2. The molecule has 0 aliphatic rings. The molecule has 2 rings (SSSR count). The first-order chi connectivity index (χ1) is 10.9. The number of carbonyl (C=O) groups is 2. The summed E-state index contributed by atoms with van der Waals surface area (Å²) < 4.78 is 0. The van der Waals surface area contributed by atoms with Crippen LogP contribution in [0.5, 0.6) is 0 Å². The highest BCUT2D eigenvalue weighted by atomic mass is 16.2. The lowest BCUT2D eigenvalue weighted by atomic mass is 9.85. The predicted octanol–water partition coefficient (Wildman–Crippen LogP) is 2.86. The Kier molecular flexibility index (Phi) is 5.41. The zero-order valence-corrected chi connectivity index (χ0v) is 13.2. The average molecular weight is 312 g/mol. The Morgan fingerprint density at radius 1 is 0.913 bits per heavy atom. The van der Waals surface area contributed by atoms with Crippen LogP contribution in [-0.4, -0.2) is 21.8 Å². The molecule has 2 aromatic heterocycles. The van der Waals surface area contributed by atoms with E-state index in [-0.39, 0.29) is 24.7 Å². The summed E-state index contributed by atoms with van der Waals surface area (Å²) in [6, 6.07) is 7.05. The van der Waals surface area contributed by atoms with Crippen LogP contribution in [0.3, 0.4) is 0 Å². The Morgan fingerprint density at radius 3 is 1.70 bits per heavy atom. The van der Waals surface area contributed by atoms with Crippen molar-refractivity contribution < 1.29 is 9.59 Å². The number of anilines is 2. The molecule has 23 heavy (non-hydrogen) atoms. The Bertz CT molecular complexity index is 599. The number of carbonyl (C=O) groups excluding carboxylic acids is 2. The van der Waals surface area contributed by atoms with Gasteiger partial charge in [0.1, 0.15) is 0 Å². The molecule has 0 spiro atoms. The quantitative estimate of drug-likeness (QED) is 0.859. The molecule has 2 N–H and O–H groups in total. The molecule has 2 aromatic rings. The van der Waals surface area contributed by atoms with Gasteiger partial charge < -0.3 is 10.6 Å². The highest BCUT2D eigenvalue weighted by Gasteiger charge is 2.25. The van der Waals surface area contributed by atoms with Crippen molar-refractivity contribution >= 4 is 23.2 Å². The third kappa shape index (κ3) is 5.86. The minimum absolute atomic E-state index is 0.142. The molecule has 6 nitrogen and oxygen atoms in total. The van der Waals surface area contributed by atoms with Gasteiger partial charge in [-0.1, -0.05) is 13.8 Å². The van der Waals surface area contributed by atoms with Crippen molar-refractivity contribution in [2.75, 3.05) is 10.6 Å². The van der Waals surface area contributed by atoms with Crippen LogP contribution in [0.2, 0.25) is 0 Å². The number of nitrogens with one attached hydrogen (secondary N) is 2. The minimum Gasteiger partial charge on any atom is -0.325 e. The van der Waals surface area contributed by atoms with Crippen molar-refractivity contribution in [2.24, 2.45) is 5.41 Å². The third-order valence-corrected chi connectivity index (χ3v) is 3.17. The van der Waals surface area contributed by atoms with Crippen molar-refractivity contribution in [1.82, 2.24) is 9.97 Å². The minimum atomic E-state index is -0.460. The average Bonchev–Trinajstić information content (AvgIpc) is 2.47. The second kappa shape index (κ2) is 7.49. The second-order valence-corrected chi connectivity index (χ2v) is 6.10. The summed E-state index contributed by atoms with van der Waals surface area (Å²) in [7, 11) is 0. The first kappa shape index (κ1) is 16.6. The third-order valence-electron chi connectivity index (χ3n) is 3.17. The fourth-order valence-electron chi connectivity index (χ4n) is 2.22. The number of amides is 2. The highest BCUT2D eigenvalue weighted by Crippen LogP contribution is 2.26. The van der Waals surface area contributed by atoms with Gasteiger partial charge in [0.25, 0.3) is 0 Å². The van der Waals surface area contributed by atoms with Gasteiger partial charge in [-0.15, -0.1) is 0 Å². The predicted molar refractivity (Wildman–Crippen MR) is 88.7 cm³/mol. The van der Waals surface area contributed by atoms with E-state index >= 15 is 0 Å². The molecule has 0 bridgehead atoms. The van der Waals surface area contributed by atoms with Crippen molar-refractivity contribution in [2.45, 2.75) is 26.7 Å². The summed E-state index contributed by atoms with van der Waals surface area (Å²) >= 11 is 0. The van der Waals surface area contributed by atoms with Gasteiger partial charge in [0.05, 0.1) is 23.8 Å². The normalized spacial score (nSPS) is 10.9. The van der Waals surface area contributed by atoms with Crippen LogP contribution < -0.4 is 10.6 Å². The molecule has 0 radical (unpaired) electrons. The van der Waals surface area contributed by atoms with Gasteiger partial charge >= 0.3 is 0 Å². The van der Waals surface area contributed by atoms with E-state index in [0.717, 1.165) is 0 Å². The van der Waals surface area contributed by atoms with E-state index in [4.69, 9.17) is 0 Å². The molecule has 0 fully saturated rings. The maximum Gasteiger partial charge on any atom is 0.224 e. The largest absolute Gasteiger partial charge is 0.325 e. The lowest BCUT2D eigenvalue weighted by molar-refractivity contribution is -0.120. The van der Waals surface area contributed by atoms with Crippen molar-refractivity contribution in [3.05, 3.63) is 49.1 Å². The van der Waals surface area contributed by atoms with Crippen molar-refractivity contribution in [3.63, 3.8) is 0 Å². The van der Waals surface area contributed by atoms with E-state index in [1.165, 1.54) is 0 Å². The fourth-order valence-corrected chi connectivity index (χ4v) is 2.22. The van der Waals surface area contributed by atoms with E-state index in [9.17, 15) is 9.59 Å². The van der Waals surface area contributed by atoms with Gasteiger partial charge in [-0.2, -0.15) is 0 Å². The molecule has 2 amide bonds. The van der Waals surface area contributed by atoms with Gasteiger partial charge in [-0.05, 0) is 29.7 Å². The number of rotatable bonds is 6. The van der Waals surface area contributed by atoms with E-state index in [0.29, 0.717) is 11.4 Å². The molecule has 0 aromatic carbocycles. The topological polar surface area (TPSA) is 84.0 Å². The first-order valence-corrected chi connectivity index (χ1v) is 7.34. The molecule has 0 aliphatic heterocycles. The number of aromatic nitrogens is 2. The van der Waals surface area contributed by atoms with Crippen LogP contribution in [0.25, 0.3) is 0 Å². The number of pyridine rings is 2. The summed E-state index contributed by atoms with van der Waals surface area (Å²) in [5, 5.41) is 5.56. The van der Waals surface area contributed by atoms with Crippen molar-refractivity contribution in [3.8, 4) is 0 Å². The SMILES string of the molecule is CC(C)(CC(=O)Nc1cccnc1)CC(=O)Nc1cccnc1. The Balaban J connectivity index is 1.85. The maximum absolute atomic E-state index is 12.1.